The Kier molecular flexibility index (Phi) is 3.01. The Balaban J connectivity index is 2.33. The summed E-state index contributed by atoms with van der Waals surface area (Å²) in [4.78, 5) is 23.7. The van der Waals surface area contributed by atoms with E-state index in [1.807, 2.05) is 26.0 Å². The maximum Gasteiger partial charge on any atom is 0.317 e. The number of aryl methyl sites for hydroxylation is 2. The number of carbonyl (C=O) groups is 2. The molecule has 0 N–H and O–H groups in total. The minimum absolute atomic E-state index is 0.0958. The lowest BCUT2D eigenvalue weighted by atomic mass is 10.0. The zero-order valence-electron chi connectivity index (χ0n) is 10.4. The van der Waals surface area contributed by atoms with E-state index in [0.717, 1.165) is 16.7 Å². The standard InChI is InChI=1S/C14H16O3/c1-4-17-14(16)12-7-10-5-8(2)9(3)6-11(10)13(12)15/h5-6,12H,4,7H2,1-3H3. The zero-order valence-corrected chi connectivity index (χ0v) is 10.4. The fourth-order valence-electron chi connectivity index (χ4n) is 2.21. The van der Waals surface area contributed by atoms with Gasteiger partial charge in [-0.05, 0) is 49.9 Å². The van der Waals surface area contributed by atoms with Crippen molar-refractivity contribution in [2.24, 2.45) is 5.92 Å². The van der Waals surface area contributed by atoms with Gasteiger partial charge in [-0.15, -0.1) is 0 Å². The Morgan fingerprint density at radius 1 is 1.35 bits per heavy atom. The summed E-state index contributed by atoms with van der Waals surface area (Å²) in [6.45, 7) is 6.05. The van der Waals surface area contributed by atoms with Crippen LogP contribution in [0.3, 0.4) is 0 Å². The van der Waals surface area contributed by atoms with Crippen molar-refractivity contribution in [3.8, 4) is 0 Å². The smallest absolute Gasteiger partial charge is 0.317 e. The second-order valence-corrected chi connectivity index (χ2v) is 4.47. The van der Waals surface area contributed by atoms with E-state index in [4.69, 9.17) is 4.74 Å². The van der Waals surface area contributed by atoms with Crippen molar-refractivity contribution in [1.29, 1.82) is 0 Å². The van der Waals surface area contributed by atoms with Crippen LogP contribution in [0.5, 0.6) is 0 Å². The Bertz CT molecular complexity index is 488. The van der Waals surface area contributed by atoms with Gasteiger partial charge in [0.05, 0.1) is 6.61 Å². The van der Waals surface area contributed by atoms with E-state index in [2.05, 4.69) is 0 Å². The van der Waals surface area contributed by atoms with Crippen LogP contribution in [0, 0.1) is 19.8 Å². The minimum Gasteiger partial charge on any atom is -0.465 e. The van der Waals surface area contributed by atoms with E-state index < -0.39 is 11.9 Å². The number of rotatable bonds is 2. The van der Waals surface area contributed by atoms with Gasteiger partial charge in [0.25, 0.3) is 0 Å². The molecule has 3 nitrogen and oxygen atoms in total. The van der Waals surface area contributed by atoms with Crippen molar-refractivity contribution < 1.29 is 14.3 Å². The Morgan fingerprint density at radius 3 is 2.65 bits per heavy atom. The average molecular weight is 232 g/mol. The first-order valence-corrected chi connectivity index (χ1v) is 5.85. The summed E-state index contributed by atoms with van der Waals surface area (Å²) in [6.07, 6.45) is 0.480. The van der Waals surface area contributed by atoms with Crippen molar-refractivity contribution in [3.63, 3.8) is 0 Å². The molecule has 1 atom stereocenters. The molecule has 0 spiro atoms. The fourth-order valence-corrected chi connectivity index (χ4v) is 2.21. The van der Waals surface area contributed by atoms with E-state index in [-0.39, 0.29) is 5.78 Å². The molecule has 0 heterocycles. The maximum absolute atomic E-state index is 12.1. The zero-order chi connectivity index (χ0) is 12.6. The summed E-state index contributed by atoms with van der Waals surface area (Å²) in [5, 5.41) is 0. The molecule has 1 unspecified atom stereocenters. The van der Waals surface area contributed by atoms with Crippen LogP contribution < -0.4 is 0 Å². The van der Waals surface area contributed by atoms with Crippen LogP contribution in [-0.4, -0.2) is 18.4 Å². The molecular formula is C14H16O3. The summed E-state index contributed by atoms with van der Waals surface area (Å²) in [5.41, 5.74) is 3.89. The van der Waals surface area contributed by atoms with Gasteiger partial charge in [0.1, 0.15) is 5.92 Å². The molecule has 90 valence electrons. The van der Waals surface area contributed by atoms with Crippen molar-refractivity contribution >= 4 is 11.8 Å². The molecule has 0 bridgehead atoms. The molecule has 1 aromatic carbocycles. The summed E-state index contributed by atoms with van der Waals surface area (Å²) < 4.78 is 4.93. The van der Waals surface area contributed by atoms with Gasteiger partial charge >= 0.3 is 5.97 Å². The van der Waals surface area contributed by atoms with E-state index in [0.29, 0.717) is 18.6 Å². The third-order valence-electron chi connectivity index (χ3n) is 3.30. The van der Waals surface area contributed by atoms with Gasteiger partial charge in [0.2, 0.25) is 0 Å². The summed E-state index contributed by atoms with van der Waals surface area (Å²) >= 11 is 0. The first-order chi connectivity index (χ1) is 8.04. The number of ketones is 1. The minimum atomic E-state index is -0.633. The highest BCUT2D eigenvalue weighted by Gasteiger charge is 2.36. The van der Waals surface area contributed by atoms with Gasteiger partial charge in [-0.3, -0.25) is 9.59 Å². The third-order valence-corrected chi connectivity index (χ3v) is 3.30. The fraction of sp³-hybridized carbons (Fsp3) is 0.429. The average Bonchev–Trinajstić information content (AvgIpc) is 2.58. The molecule has 3 heteroatoms. The molecule has 1 aliphatic carbocycles. The van der Waals surface area contributed by atoms with Gasteiger partial charge in [-0.1, -0.05) is 6.07 Å². The number of hydrogen-bond acceptors (Lipinski definition) is 3. The monoisotopic (exact) mass is 232 g/mol. The third kappa shape index (κ3) is 1.97. The van der Waals surface area contributed by atoms with Crippen molar-refractivity contribution in [3.05, 3.63) is 34.4 Å². The van der Waals surface area contributed by atoms with Crippen LogP contribution >= 0.6 is 0 Å². The van der Waals surface area contributed by atoms with Crippen LogP contribution in [0.4, 0.5) is 0 Å². The largest absolute Gasteiger partial charge is 0.465 e. The number of esters is 1. The van der Waals surface area contributed by atoms with Crippen LogP contribution in [0.15, 0.2) is 12.1 Å². The van der Waals surface area contributed by atoms with Gasteiger partial charge in [-0.2, -0.15) is 0 Å². The summed E-state index contributed by atoms with van der Waals surface area (Å²) in [5.74, 6) is -1.13. The lowest BCUT2D eigenvalue weighted by Crippen LogP contribution is -2.23. The topological polar surface area (TPSA) is 43.4 Å². The second-order valence-electron chi connectivity index (χ2n) is 4.47. The molecule has 0 saturated heterocycles. The Hall–Kier alpha value is -1.64. The van der Waals surface area contributed by atoms with Gasteiger partial charge in [0.15, 0.2) is 5.78 Å². The first kappa shape index (κ1) is 11.8. The van der Waals surface area contributed by atoms with Crippen molar-refractivity contribution in [2.45, 2.75) is 27.2 Å². The number of fused-ring (bicyclic) bond motifs is 1. The van der Waals surface area contributed by atoms with Gasteiger partial charge in [-0.25, -0.2) is 0 Å². The summed E-state index contributed by atoms with van der Waals surface area (Å²) in [7, 11) is 0. The molecule has 0 aliphatic heterocycles. The first-order valence-electron chi connectivity index (χ1n) is 5.85. The van der Waals surface area contributed by atoms with Crippen molar-refractivity contribution in [2.75, 3.05) is 6.61 Å². The Labute approximate surface area is 101 Å². The molecule has 0 saturated carbocycles. The molecule has 0 fully saturated rings. The lowest BCUT2D eigenvalue weighted by Gasteiger charge is -2.06. The highest BCUT2D eigenvalue weighted by Crippen LogP contribution is 2.29. The molecule has 0 aromatic heterocycles. The van der Waals surface area contributed by atoms with Crippen LogP contribution in [-0.2, 0) is 16.0 Å². The SMILES string of the molecule is CCOC(=O)C1Cc2cc(C)c(C)cc2C1=O. The van der Waals surface area contributed by atoms with Gasteiger partial charge < -0.3 is 4.74 Å². The predicted molar refractivity (Wildman–Crippen MR) is 64.1 cm³/mol. The highest BCUT2D eigenvalue weighted by atomic mass is 16.5. The van der Waals surface area contributed by atoms with Crippen molar-refractivity contribution in [1.82, 2.24) is 0 Å². The van der Waals surface area contributed by atoms with Crippen LogP contribution in [0.2, 0.25) is 0 Å². The molecule has 1 aliphatic rings. The van der Waals surface area contributed by atoms with Crippen LogP contribution in [0.1, 0.15) is 34.0 Å². The number of Topliss-reactive ketones (excluding diaryl/α,β-unsaturated/α-hetero) is 1. The molecule has 0 amide bonds. The highest BCUT2D eigenvalue weighted by molar-refractivity contribution is 6.12. The van der Waals surface area contributed by atoms with Gasteiger partial charge in [0, 0.05) is 5.56 Å². The number of carbonyl (C=O) groups excluding carboxylic acids is 2. The van der Waals surface area contributed by atoms with E-state index in [1.54, 1.807) is 6.92 Å². The molecular weight excluding hydrogens is 216 g/mol. The number of ether oxygens (including phenoxy) is 1. The quantitative estimate of drug-likeness (QED) is 0.580. The maximum atomic E-state index is 12.1. The lowest BCUT2D eigenvalue weighted by molar-refractivity contribution is -0.145. The summed E-state index contributed by atoms with van der Waals surface area (Å²) in [6, 6.07) is 3.88. The molecule has 2 rings (SSSR count). The second kappa shape index (κ2) is 4.32. The normalized spacial score (nSPS) is 18.1. The van der Waals surface area contributed by atoms with E-state index >= 15 is 0 Å². The van der Waals surface area contributed by atoms with Crippen LogP contribution in [0.25, 0.3) is 0 Å². The van der Waals surface area contributed by atoms with E-state index in [9.17, 15) is 9.59 Å². The Morgan fingerprint density at radius 2 is 2.00 bits per heavy atom. The number of hydrogen-bond donors (Lipinski definition) is 0. The number of benzene rings is 1. The molecule has 1 aromatic rings. The predicted octanol–water partition coefficient (Wildman–Crippen LogP) is 2.22. The molecule has 17 heavy (non-hydrogen) atoms. The van der Waals surface area contributed by atoms with E-state index in [1.165, 1.54) is 0 Å². The molecule has 0 radical (unpaired) electrons.